The number of hydrogen-bond donors (Lipinski definition) is 2. The summed E-state index contributed by atoms with van der Waals surface area (Å²) in [6, 6.07) is 3.81. The van der Waals surface area contributed by atoms with Gasteiger partial charge in [-0.15, -0.1) is 8.78 Å². The van der Waals surface area contributed by atoms with Crippen LogP contribution in [0.5, 0.6) is 11.5 Å². The Labute approximate surface area is 121 Å². The van der Waals surface area contributed by atoms with Crippen molar-refractivity contribution in [1.82, 2.24) is 0 Å². The zero-order chi connectivity index (χ0) is 15.0. The number of aliphatic hydroxyl groups excluding tert-OH is 1. The second kappa shape index (κ2) is 5.42. The minimum atomic E-state index is -3.67. The van der Waals surface area contributed by atoms with Crippen LogP contribution in [0.25, 0.3) is 0 Å². The van der Waals surface area contributed by atoms with Gasteiger partial charge in [0.2, 0.25) is 0 Å². The molecule has 0 amide bonds. The molecule has 0 bridgehead atoms. The lowest BCUT2D eigenvalue weighted by molar-refractivity contribution is -0.287. The Morgan fingerprint density at radius 2 is 1.90 bits per heavy atom. The molecule has 1 fully saturated rings. The van der Waals surface area contributed by atoms with Crippen LogP contribution in [0.1, 0.15) is 43.7 Å². The fourth-order valence-corrected chi connectivity index (χ4v) is 3.21. The van der Waals surface area contributed by atoms with Gasteiger partial charge in [0.25, 0.3) is 0 Å². The second-order valence-corrected chi connectivity index (χ2v) is 5.76. The predicted molar refractivity (Wildman–Crippen MR) is 72.2 cm³/mol. The van der Waals surface area contributed by atoms with E-state index in [1.807, 2.05) is 0 Å². The third-order valence-corrected chi connectivity index (χ3v) is 4.32. The molecule has 1 heterocycles. The lowest BCUT2D eigenvalue weighted by Crippen LogP contribution is -2.34. The average molecular weight is 299 g/mol. The molecule has 1 aromatic rings. The number of halogens is 2. The van der Waals surface area contributed by atoms with E-state index in [2.05, 4.69) is 9.47 Å². The summed E-state index contributed by atoms with van der Waals surface area (Å²) in [6.07, 6.45) is 0.693. The van der Waals surface area contributed by atoms with Gasteiger partial charge in [-0.3, -0.25) is 0 Å². The molecule has 4 nitrogen and oxygen atoms in total. The van der Waals surface area contributed by atoms with Crippen LogP contribution in [-0.4, -0.2) is 17.5 Å². The second-order valence-electron chi connectivity index (χ2n) is 5.76. The molecule has 2 atom stereocenters. The number of ether oxygens (including phenoxy) is 2. The lowest BCUT2D eigenvalue weighted by Gasteiger charge is -2.30. The van der Waals surface area contributed by atoms with Crippen LogP contribution in [0, 0.1) is 5.92 Å². The highest BCUT2D eigenvalue weighted by Crippen LogP contribution is 2.46. The van der Waals surface area contributed by atoms with Gasteiger partial charge in [0, 0.05) is 5.56 Å². The molecular weight excluding hydrogens is 280 g/mol. The molecule has 0 spiro atoms. The number of aliphatic hydroxyl groups is 1. The van der Waals surface area contributed by atoms with E-state index < -0.39 is 18.4 Å². The summed E-state index contributed by atoms with van der Waals surface area (Å²) in [5.41, 5.74) is 6.46. The van der Waals surface area contributed by atoms with E-state index in [4.69, 9.17) is 5.73 Å². The summed E-state index contributed by atoms with van der Waals surface area (Å²) in [7, 11) is 0. The van der Waals surface area contributed by atoms with Gasteiger partial charge < -0.3 is 20.3 Å². The van der Waals surface area contributed by atoms with Crippen molar-refractivity contribution >= 4 is 0 Å². The molecule has 116 valence electrons. The highest BCUT2D eigenvalue weighted by molar-refractivity contribution is 5.50. The Morgan fingerprint density at radius 3 is 2.62 bits per heavy atom. The number of fused-ring (bicyclic) bond motifs is 1. The maximum absolute atomic E-state index is 13.2. The van der Waals surface area contributed by atoms with E-state index in [9.17, 15) is 13.9 Å². The smallest absolute Gasteiger partial charge is 0.395 e. The van der Waals surface area contributed by atoms with Crippen molar-refractivity contribution in [2.24, 2.45) is 11.7 Å². The first-order valence-corrected chi connectivity index (χ1v) is 7.30. The highest BCUT2D eigenvalue weighted by atomic mass is 19.3. The van der Waals surface area contributed by atoms with E-state index in [0.29, 0.717) is 5.56 Å². The predicted octanol–water partition coefficient (Wildman–Crippen LogP) is 2.95. The maximum atomic E-state index is 13.2. The minimum absolute atomic E-state index is 0.0382. The molecule has 2 aliphatic rings. The standard InChI is InChI=1S/C15H19F2NO3/c16-15(17)20-11-8-4-7-10(14(11)21-15)12(18)13(19)9-5-2-1-3-6-9/h4,7-9,12-13,19H,1-3,5-6,18H2/t12-,13+/m1/s1. The molecule has 3 rings (SSSR count). The minimum Gasteiger partial charge on any atom is -0.395 e. The number of hydrogen-bond acceptors (Lipinski definition) is 4. The quantitative estimate of drug-likeness (QED) is 0.900. The number of nitrogens with two attached hydrogens (primary N) is 1. The van der Waals surface area contributed by atoms with E-state index in [0.717, 1.165) is 25.7 Å². The fraction of sp³-hybridized carbons (Fsp3) is 0.600. The van der Waals surface area contributed by atoms with Crippen LogP contribution in [-0.2, 0) is 0 Å². The molecule has 3 N–H and O–H groups in total. The van der Waals surface area contributed by atoms with E-state index >= 15 is 0 Å². The molecule has 6 heteroatoms. The van der Waals surface area contributed by atoms with Crippen molar-refractivity contribution in [2.75, 3.05) is 0 Å². The van der Waals surface area contributed by atoms with Crippen molar-refractivity contribution in [1.29, 1.82) is 0 Å². The summed E-state index contributed by atoms with van der Waals surface area (Å²) in [5.74, 6) is 0.00101. The molecule has 0 radical (unpaired) electrons. The van der Waals surface area contributed by atoms with Crippen LogP contribution in [0.3, 0.4) is 0 Å². The van der Waals surface area contributed by atoms with Gasteiger partial charge in [-0.05, 0) is 24.8 Å². The maximum Gasteiger partial charge on any atom is 0.586 e. The Bertz CT molecular complexity index is 518. The van der Waals surface area contributed by atoms with Gasteiger partial charge in [-0.2, -0.15) is 0 Å². The van der Waals surface area contributed by atoms with Crippen LogP contribution in [0.15, 0.2) is 18.2 Å². The molecule has 1 saturated carbocycles. The van der Waals surface area contributed by atoms with Crippen LogP contribution in [0.2, 0.25) is 0 Å². The molecular formula is C15H19F2NO3. The molecule has 1 aliphatic heterocycles. The monoisotopic (exact) mass is 299 g/mol. The topological polar surface area (TPSA) is 64.7 Å². The normalized spacial score (nSPS) is 23.8. The van der Waals surface area contributed by atoms with Crippen molar-refractivity contribution in [3.05, 3.63) is 23.8 Å². The zero-order valence-electron chi connectivity index (χ0n) is 11.6. The van der Waals surface area contributed by atoms with Crippen LogP contribution < -0.4 is 15.2 Å². The Kier molecular flexibility index (Phi) is 3.75. The first kappa shape index (κ1) is 14.5. The molecule has 0 saturated heterocycles. The SMILES string of the molecule is N[C@H](c1cccc2c1OC(F)(F)O2)[C@@H](O)C1CCCCC1. The Morgan fingerprint density at radius 1 is 1.19 bits per heavy atom. The third-order valence-electron chi connectivity index (χ3n) is 4.32. The fourth-order valence-electron chi connectivity index (χ4n) is 3.21. The van der Waals surface area contributed by atoms with Gasteiger partial charge in [0.1, 0.15) is 0 Å². The molecule has 0 unspecified atom stereocenters. The molecule has 0 aromatic heterocycles. The summed E-state index contributed by atoms with van der Waals surface area (Å²) in [5, 5.41) is 10.4. The van der Waals surface area contributed by atoms with Gasteiger partial charge in [0.15, 0.2) is 11.5 Å². The zero-order valence-corrected chi connectivity index (χ0v) is 11.6. The van der Waals surface area contributed by atoms with Crippen LogP contribution in [0.4, 0.5) is 8.78 Å². The first-order chi connectivity index (χ1) is 9.98. The third kappa shape index (κ3) is 2.82. The van der Waals surface area contributed by atoms with Crippen LogP contribution >= 0.6 is 0 Å². The first-order valence-electron chi connectivity index (χ1n) is 7.30. The van der Waals surface area contributed by atoms with E-state index in [-0.39, 0.29) is 17.4 Å². The summed E-state index contributed by atoms with van der Waals surface area (Å²) in [4.78, 5) is 0. The van der Waals surface area contributed by atoms with Gasteiger partial charge in [-0.25, -0.2) is 0 Å². The molecule has 1 aliphatic carbocycles. The number of alkyl halides is 2. The summed E-state index contributed by atoms with van der Waals surface area (Å²) < 4.78 is 35.3. The van der Waals surface area contributed by atoms with Crippen molar-refractivity contribution < 1.29 is 23.4 Å². The summed E-state index contributed by atoms with van der Waals surface area (Å²) in [6.45, 7) is 0. The summed E-state index contributed by atoms with van der Waals surface area (Å²) >= 11 is 0. The highest BCUT2D eigenvalue weighted by Gasteiger charge is 2.45. The Hall–Kier alpha value is -1.40. The van der Waals surface area contributed by atoms with E-state index in [1.165, 1.54) is 12.5 Å². The molecule has 1 aromatic carbocycles. The largest absolute Gasteiger partial charge is 0.586 e. The van der Waals surface area contributed by atoms with Gasteiger partial charge >= 0.3 is 6.29 Å². The van der Waals surface area contributed by atoms with Gasteiger partial charge in [0.05, 0.1) is 12.1 Å². The number of benzene rings is 1. The van der Waals surface area contributed by atoms with Crippen molar-refractivity contribution in [3.8, 4) is 11.5 Å². The van der Waals surface area contributed by atoms with E-state index in [1.54, 1.807) is 12.1 Å². The van der Waals surface area contributed by atoms with Crippen molar-refractivity contribution in [2.45, 2.75) is 50.5 Å². The number of rotatable bonds is 3. The Balaban J connectivity index is 1.82. The van der Waals surface area contributed by atoms with Crippen molar-refractivity contribution in [3.63, 3.8) is 0 Å². The average Bonchev–Trinajstić information content (AvgIpc) is 2.80. The van der Waals surface area contributed by atoms with Gasteiger partial charge in [-0.1, -0.05) is 31.4 Å². The lowest BCUT2D eigenvalue weighted by atomic mass is 9.81. The molecule has 21 heavy (non-hydrogen) atoms. The number of para-hydroxylation sites is 1.